The van der Waals surface area contributed by atoms with Crippen LogP contribution in [0.4, 0.5) is 10.5 Å². The van der Waals surface area contributed by atoms with Crippen LogP contribution in [-0.2, 0) is 6.42 Å². The molecule has 0 atom stereocenters. The highest BCUT2D eigenvalue weighted by Crippen LogP contribution is 2.22. The number of benzene rings is 2. The molecular weight excluding hydrogens is 272 g/mol. The Morgan fingerprint density at radius 3 is 2.18 bits per heavy atom. The van der Waals surface area contributed by atoms with Gasteiger partial charge in [-0.15, -0.1) is 0 Å². The summed E-state index contributed by atoms with van der Waals surface area (Å²) in [6.07, 6.45) is 3.28. The van der Waals surface area contributed by atoms with E-state index in [0.717, 1.165) is 38.0 Å². The maximum absolute atomic E-state index is 12.2. The highest BCUT2D eigenvalue weighted by molar-refractivity contribution is 5.89. The summed E-state index contributed by atoms with van der Waals surface area (Å²) in [6.45, 7) is 1.69. The Morgan fingerprint density at radius 1 is 0.955 bits per heavy atom. The van der Waals surface area contributed by atoms with Gasteiger partial charge in [0, 0.05) is 18.8 Å². The first kappa shape index (κ1) is 14.6. The van der Waals surface area contributed by atoms with Gasteiger partial charge < -0.3 is 10.2 Å². The van der Waals surface area contributed by atoms with Gasteiger partial charge in [-0.25, -0.2) is 4.79 Å². The Hall–Kier alpha value is -2.29. The van der Waals surface area contributed by atoms with Gasteiger partial charge in [-0.1, -0.05) is 48.5 Å². The van der Waals surface area contributed by atoms with E-state index in [2.05, 4.69) is 35.6 Å². The van der Waals surface area contributed by atoms with Crippen molar-refractivity contribution in [2.24, 2.45) is 5.92 Å². The fourth-order valence-electron chi connectivity index (χ4n) is 3.01. The average Bonchev–Trinajstić information content (AvgIpc) is 2.57. The molecule has 22 heavy (non-hydrogen) atoms. The van der Waals surface area contributed by atoms with E-state index >= 15 is 0 Å². The van der Waals surface area contributed by atoms with Gasteiger partial charge in [-0.05, 0) is 42.9 Å². The highest BCUT2D eigenvalue weighted by Gasteiger charge is 2.22. The molecular formula is C19H22N2O. The Labute approximate surface area is 132 Å². The molecule has 0 saturated carbocycles. The van der Waals surface area contributed by atoms with Crippen molar-refractivity contribution in [3.05, 3.63) is 66.2 Å². The molecule has 1 N–H and O–H groups in total. The van der Waals surface area contributed by atoms with Crippen molar-refractivity contribution in [1.82, 2.24) is 4.90 Å². The second-order valence-electron chi connectivity index (χ2n) is 5.92. The van der Waals surface area contributed by atoms with Gasteiger partial charge in [0.25, 0.3) is 0 Å². The van der Waals surface area contributed by atoms with Crippen molar-refractivity contribution >= 4 is 11.7 Å². The predicted molar refractivity (Wildman–Crippen MR) is 89.9 cm³/mol. The summed E-state index contributed by atoms with van der Waals surface area (Å²) in [5.41, 5.74) is 2.26. The molecule has 1 saturated heterocycles. The Bertz CT molecular complexity index is 589. The van der Waals surface area contributed by atoms with Crippen LogP contribution in [0.25, 0.3) is 0 Å². The molecule has 3 rings (SSSR count). The molecule has 114 valence electrons. The molecule has 1 fully saturated rings. The van der Waals surface area contributed by atoms with Gasteiger partial charge >= 0.3 is 6.03 Å². The standard InChI is InChI=1S/C19H22N2O/c22-19(20-18-9-5-2-6-10-18)21-13-11-17(12-14-21)15-16-7-3-1-4-8-16/h1-10,17H,11-15H2,(H,20,22). The van der Waals surface area contributed by atoms with Gasteiger partial charge in [-0.2, -0.15) is 0 Å². The second-order valence-corrected chi connectivity index (χ2v) is 5.92. The van der Waals surface area contributed by atoms with E-state index < -0.39 is 0 Å². The molecule has 1 aliphatic heterocycles. The average molecular weight is 294 g/mol. The fraction of sp³-hybridized carbons (Fsp3) is 0.316. The summed E-state index contributed by atoms with van der Waals surface area (Å²) in [4.78, 5) is 14.2. The van der Waals surface area contributed by atoms with Crippen LogP contribution in [0.5, 0.6) is 0 Å². The van der Waals surface area contributed by atoms with Crippen molar-refractivity contribution in [1.29, 1.82) is 0 Å². The third-order valence-electron chi connectivity index (χ3n) is 4.29. The lowest BCUT2D eigenvalue weighted by molar-refractivity contribution is 0.182. The SMILES string of the molecule is O=C(Nc1ccccc1)N1CCC(Cc2ccccc2)CC1. The van der Waals surface area contributed by atoms with Crippen LogP contribution in [0.1, 0.15) is 18.4 Å². The molecule has 0 aromatic heterocycles. The number of para-hydroxylation sites is 1. The first-order valence-electron chi connectivity index (χ1n) is 7.96. The molecule has 2 aromatic rings. The molecule has 0 radical (unpaired) electrons. The summed E-state index contributed by atoms with van der Waals surface area (Å²) in [7, 11) is 0. The second kappa shape index (κ2) is 7.12. The lowest BCUT2D eigenvalue weighted by Crippen LogP contribution is -2.41. The van der Waals surface area contributed by atoms with Crippen molar-refractivity contribution in [3.8, 4) is 0 Å². The third kappa shape index (κ3) is 3.88. The van der Waals surface area contributed by atoms with Crippen LogP contribution in [0, 0.1) is 5.92 Å². The first-order chi connectivity index (χ1) is 10.8. The summed E-state index contributed by atoms with van der Waals surface area (Å²) >= 11 is 0. The minimum Gasteiger partial charge on any atom is -0.325 e. The third-order valence-corrected chi connectivity index (χ3v) is 4.29. The van der Waals surface area contributed by atoms with Gasteiger partial charge in [0.05, 0.1) is 0 Å². The van der Waals surface area contributed by atoms with Crippen LogP contribution >= 0.6 is 0 Å². The molecule has 0 bridgehead atoms. The van der Waals surface area contributed by atoms with Gasteiger partial charge in [0.2, 0.25) is 0 Å². The molecule has 1 aliphatic rings. The molecule has 0 aliphatic carbocycles. The summed E-state index contributed by atoms with van der Waals surface area (Å²) in [5.74, 6) is 0.683. The van der Waals surface area contributed by atoms with Gasteiger partial charge in [-0.3, -0.25) is 0 Å². The number of amides is 2. The number of nitrogens with one attached hydrogen (secondary N) is 1. The number of anilines is 1. The van der Waals surface area contributed by atoms with E-state index in [0.29, 0.717) is 5.92 Å². The predicted octanol–water partition coefficient (Wildman–Crippen LogP) is 4.17. The van der Waals surface area contributed by atoms with Crippen LogP contribution in [-0.4, -0.2) is 24.0 Å². The van der Waals surface area contributed by atoms with Crippen molar-refractivity contribution in [2.45, 2.75) is 19.3 Å². The lowest BCUT2D eigenvalue weighted by atomic mass is 9.90. The van der Waals surface area contributed by atoms with Crippen LogP contribution in [0.3, 0.4) is 0 Å². The van der Waals surface area contributed by atoms with E-state index in [1.54, 1.807) is 0 Å². The number of piperidine rings is 1. The zero-order chi connectivity index (χ0) is 15.2. The van der Waals surface area contributed by atoms with Crippen LogP contribution in [0.2, 0.25) is 0 Å². The lowest BCUT2D eigenvalue weighted by Gasteiger charge is -2.32. The quantitative estimate of drug-likeness (QED) is 0.905. The van der Waals surface area contributed by atoms with E-state index in [-0.39, 0.29) is 6.03 Å². The number of hydrogen-bond acceptors (Lipinski definition) is 1. The normalized spacial score (nSPS) is 15.5. The van der Waals surface area contributed by atoms with Crippen LogP contribution < -0.4 is 5.32 Å². The first-order valence-corrected chi connectivity index (χ1v) is 7.96. The number of carbonyl (C=O) groups is 1. The number of urea groups is 1. The molecule has 2 aromatic carbocycles. The van der Waals surface area contributed by atoms with E-state index in [4.69, 9.17) is 0 Å². The topological polar surface area (TPSA) is 32.3 Å². The minimum absolute atomic E-state index is 0.0179. The number of carbonyl (C=O) groups excluding carboxylic acids is 1. The highest BCUT2D eigenvalue weighted by atomic mass is 16.2. The Kier molecular flexibility index (Phi) is 4.74. The van der Waals surface area contributed by atoms with Crippen molar-refractivity contribution < 1.29 is 4.79 Å². The Morgan fingerprint density at radius 2 is 1.55 bits per heavy atom. The van der Waals surface area contributed by atoms with E-state index in [1.165, 1.54) is 5.56 Å². The smallest absolute Gasteiger partial charge is 0.321 e. The fourth-order valence-corrected chi connectivity index (χ4v) is 3.01. The molecule has 0 spiro atoms. The van der Waals surface area contributed by atoms with E-state index in [1.807, 2.05) is 35.2 Å². The number of hydrogen-bond donors (Lipinski definition) is 1. The number of likely N-dealkylation sites (tertiary alicyclic amines) is 1. The van der Waals surface area contributed by atoms with E-state index in [9.17, 15) is 4.79 Å². The molecule has 3 nitrogen and oxygen atoms in total. The molecule has 2 amide bonds. The zero-order valence-electron chi connectivity index (χ0n) is 12.7. The van der Waals surface area contributed by atoms with Crippen molar-refractivity contribution in [2.75, 3.05) is 18.4 Å². The summed E-state index contributed by atoms with van der Waals surface area (Å²) in [6, 6.07) is 20.3. The van der Waals surface area contributed by atoms with Crippen LogP contribution in [0.15, 0.2) is 60.7 Å². The zero-order valence-corrected chi connectivity index (χ0v) is 12.7. The molecule has 3 heteroatoms. The maximum atomic E-state index is 12.2. The number of nitrogens with zero attached hydrogens (tertiary/aromatic N) is 1. The monoisotopic (exact) mass is 294 g/mol. The van der Waals surface area contributed by atoms with Gasteiger partial charge in [0.1, 0.15) is 0 Å². The maximum Gasteiger partial charge on any atom is 0.321 e. The largest absolute Gasteiger partial charge is 0.325 e. The summed E-state index contributed by atoms with van der Waals surface area (Å²) in [5, 5.41) is 2.96. The molecule has 1 heterocycles. The summed E-state index contributed by atoms with van der Waals surface area (Å²) < 4.78 is 0. The Balaban J connectivity index is 1.48. The van der Waals surface area contributed by atoms with Gasteiger partial charge in [0.15, 0.2) is 0 Å². The van der Waals surface area contributed by atoms with Crippen molar-refractivity contribution in [3.63, 3.8) is 0 Å². The minimum atomic E-state index is 0.0179. The molecule has 0 unspecified atom stereocenters. The number of rotatable bonds is 3.